The van der Waals surface area contributed by atoms with E-state index in [1.54, 1.807) is 30.0 Å². The monoisotopic (exact) mass is 325 g/mol. The van der Waals surface area contributed by atoms with E-state index in [0.717, 1.165) is 24.8 Å². The van der Waals surface area contributed by atoms with Crippen LogP contribution in [0.1, 0.15) is 6.92 Å². The number of aliphatic imine (C=N–C) groups is 1. The molecular weight excluding hydrogens is 302 g/mol. The fourth-order valence-corrected chi connectivity index (χ4v) is 2.02. The maximum atomic E-state index is 10.9. The van der Waals surface area contributed by atoms with Gasteiger partial charge in [0.2, 0.25) is 0 Å². The number of nitro groups is 1. The zero-order chi connectivity index (χ0) is 16.2. The van der Waals surface area contributed by atoms with Gasteiger partial charge in [0.15, 0.2) is 5.96 Å². The molecule has 7 nitrogen and oxygen atoms in total. The van der Waals surface area contributed by atoms with Crippen LogP contribution in [0, 0.1) is 10.1 Å². The Morgan fingerprint density at radius 3 is 2.77 bits per heavy atom. The highest BCUT2D eigenvalue weighted by Gasteiger charge is 2.11. The standard InChI is InChI=1S/C14H23N5O2S/c1-3-15-14(18-10-11-22-2)17-9-8-16-12-6-4-5-7-13(12)19(20)21/h4-7,16H,3,8-11H2,1-2H3,(H2,15,17,18). The fourth-order valence-electron chi connectivity index (χ4n) is 1.75. The Morgan fingerprint density at radius 2 is 2.09 bits per heavy atom. The lowest BCUT2D eigenvalue weighted by molar-refractivity contribution is -0.384. The molecule has 0 unspecified atom stereocenters. The van der Waals surface area contributed by atoms with Gasteiger partial charge < -0.3 is 16.0 Å². The summed E-state index contributed by atoms with van der Waals surface area (Å²) in [5.41, 5.74) is 0.613. The molecule has 0 radical (unpaired) electrons. The molecular formula is C14H23N5O2S. The lowest BCUT2D eigenvalue weighted by Crippen LogP contribution is -2.39. The number of anilines is 1. The Bertz CT molecular complexity index is 496. The number of benzene rings is 1. The minimum atomic E-state index is -0.385. The maximum absolute atomic E-state index is 10.9. The van der Waals surface area contributed by atoms with Crippen LogP contribution in [0.5, 0.6) is 0 Å². The molecule has 122 valence electrons. The Morgan fingerprint density at radius 1 is 1.32 bits per heavy atom. The number of thioether (sulfide) groups is 1. The summed E-state index contributed by atoms with van der Waals surface area (Å²) in [6.07, 6.45) is 2.05. The van der Waals surface area contributed by atoms with Crippen molar-refractivity contribution in [2.45, 2.75) is 6.92 Å². The first-order valence-corrected chi connectivity index (χ1v) is 8.56. The molecule has 0 bridgehead atoms. The third kappa shape index (κ3) is 6.66. The number of nitrogens with one attached hydrogen (secondary N) is 3. The van der Waals surface area contributed by atoms with Crippen molar-refractivity contribution in [2.24, 2.45) is 4.99 Å². The topological polar surface area (TPSA) is 91.6 Å². The summed E-state index contributed by atoms with van der Waals surface area (Å²) in [7, 11) is 0. The minimum Gasteiger partial charge on any atom is -0.378 e. The molecule has 0 aliphatic heterocycles. The Kier molecular flexibility index (Phi) is 8.82. The third-order valence-electron chi connectivity index (χ3n) is 2.74. The van der Waals surface area contributed by atoms with Crippen molar-refractivity contribution < 1.29 is 4.92 Å². The van der Waals surface area contributed by atoms with E-state index in [1.165, 1.54) is 6.07 Å². The first-order chi connectivity index (χ1) is 10.7. The van der Waals surface area contributed by atoms with E-state index in [9.17, 15) is 10.1 Å². The van der Waals surface area contributed by atoms with Gasteiger partial charge >= 0.3 is 0 Å². The first kappa shape index (κ1) is 18.1. The normalized spacial score (nSPS) is 11.1. The predicted molar refractivity (Wildman–Crippen MR) is 93.9 cm³/mol. The average molecular weight is 325 g/mol. The van der Waals surface area contributed by atoms with Gasteiger partial charge in [0, 0.05) is 31.5 Å². The number of guanidine groups is 1. The van der Waals surface area contributed by atoms with Crippen LogP contribution >= 0.6 is 11.8 Å². The van der Waals surface area contributed by atoms with Gasteiger partial charge in [-0.05, 0) is 19.2 Å². The van der Waals surface area contributed by atoms with Gasteiger partial charge in [0.05, 0.1) is 11.5 Å². The van der Waals surface area contributed by atoms with Gasteiger partial charge in [-0.25, -0.2) is 0 Å². The molecule has 0 saturated heterocycles. The van der Waals surface area contributed by atoms with Gasteiger partial charge in [-0.15, -0.1) is 0 Å². The third-order valence-corrected chi connectivity index (χ3v) is 3.33. The second-order valence-electron chi connectivity index (χ2n) is 4.38. The highest BCUT2D eigenvalue weighted by atomic mass is 32.2. The van der Waals surface area contributed by atoms with Crippen LogP contribution in [0.4, 0.5) is 11.4 Å². The molecule has 1 aromatic rings. The highest BCUT2D eigenvalue weighted by Crippen LogP contribution is 2.22. The zero-order valence-electron chi connectivity index (χ0n) is 13.0. The molecule has 0 fully saturated rings. The smallest absolute Gasteiger partial charge is 0.292 e. The van der Waals surface area contributed by atoms with E-state index < -0.39 is 0 Å². The summed E-state index contributed by atoms with van der Waals surface area (Å²) in [6.45, 7) is 4.75. The number of nitrogens with zero attached hydrogens (tertiary/aromatic N) is 2. The molecule has 0 atom stereocenters. The Hall–Kier alpha value is -1.96. The molecule has 3 N–H and O–H groups in total. The highest BCUT2D eigenvalue weighted by molar-refractivity contribution is 7.98. The molecule has 8 heteroatoms. The number of hydrogen-bond donors (Lipinski definition) is 3. The Balaban J connectivity index is 2.43. The van der Waals surface area contributed by atoms with E-state index in [4.69, 9.17) is 0 Å². The van der Waals surface area contributed by atoms with Gasteiger partial charge in [-0.2, -0.15) is 11.8 Å². The lowest BCUT2D eigenvalue weighted by atomic mass is 10.2. The van der Waals surface area contributed by atoms with Crippen LogP contribution in [-0.4, -0.2) is 49.1 Å². The van der Waals surface area contributed by atoms with Crippen molar-refractivity contribution in [3.8, 4) is 0 Å². The van der Waals surface area contributed by atoms with Crippen LogP contribution in [0.3, 0.4) is 0 Å². The van der Waals surface area contributed by atoms with Crippen molar-refractivity contribution in [1.29, 1.82) is 0 Å². The summed E-state index contributed by atoms with van der Waals surface area (Å²) in [5, 5.41) is 20.3. The second-order valence-corrected chi connectivity index (χ2v) is 5.37. The second kappa shape index (κ2) is 10.7. The summed E-state index contributed by atoms with van der Waals surface area (Å²) < 4.78 is 0. The van der Waals surface area contributed by atoms with E-state index in [2.05, 4.69) is 20.9 Å². The van der Waals surface area contributed by atoms with Crippen LogP contribution in [-0.2, 0) is 0 Å². The Labute approximate surface area is 135 Å². The van der Waals surface area contributed by atoms with Crippen LogP contribution in [0.2, 0.25) is 0 Å². The largest absolute Gasteiger partial charge is 0.378 e. The lowest BCUT2D eigenvalue weighted by Gasteiger charge is -2.12. The van der Waals surface area contributed by atoms with Crippen LogP contribution in [0.25, 0.3) is 0 Å². The van der Waals surface area contributed by atoms with Gasteiger partial charge in [0.1, 0.15) is 5.69 Å². The van der Waals surface area contributed by atoms with Gasteiger partial charge in [-0.1, -0.05) is 12.1 Å². The minimum absolute atomic E-state index is 0.0862. The molecule has 0 saturated carbocycles. The summed E-state index contributed by atoms with van der Waals surface area (Å²) in [4.78, 5) is 15.0. The molecule has 1 aromatic carbocycles. The number of rotatable bonds is 9. The van der Waals surface area contributed by atoms with E-state index in [-0.39, 0.29) is 10.6 Å². The summed E-state index contributed by atoms with van der Waals surface area (Å²) >= 11 is 1.75. The van der Waals surface area contributed by atoms with Crippen LogP contribution in [0.15, 0.2) is 29.3 Å². The van der Waals surface area contributed by atoms with Crippen molar-refractivity contribution in [1.82, 2.24) is 10.6 Å². The van der Waals surface area contributed by atoms with Crippen molar-refractivity contribution >= 4 is 29.1 Å². The first-order valence-electron chi connectivity index (χ1n) is 7.17. The fraction of sp³-hybridized carbons (Fsp3) is 0.500. The molecule has 0 aromatic heterocycles. The van der Waals surface area contributed by atoms with E-state index >= 15 is 0 Å². The average Bonchev–Trinajstić information content (AvgIpc) is 2.52. The van der Waals surface area contributed by atoms with Crippen molar-refractivity contribution in [3.05, 3.63) is 34.4 Å². The molecule has 0 spiro atoms. The number of nitro benzene ring substituents is 1. The number of hydrogen-bond acceptors (Lipinski definition) is 5. The molecule has 0 aliphatic carbocycles. The van der Waals surface area contributed by atoms with Crippen molar-refractivity contribution in [3.63, 3.8) is 0 Å². The molecule has 1 rings (SSSR count). The summed E-state index contributed by atoms with van der Waals surface area (Å²) in [6, 6.07) is 6.62. The predicted octanol–water partition coefficient (Wildman–Crippen LogP) is 1.92. The zero-order valence-corrected chi connectivity index (χ0v) is 13.8. The van der Waals surface area contributed by atoms with Gasteiger partial charge in [-0.3, -0.25) is 15.1 Å². The molecule has 0 aliphatic rings. The van der Waals surface area contributed by atoms with E-state index in [1.807, 2.05) is 13.2 Å². The molecule has 22 heavy (non-hydrogen) atoms. The van der Waals surface area contributed by atoms with Crippen LogP contribution < -0.4 is 16.0 Å². The number of para-hydroxylation sites is 2. The van der Waals surface area contributed by atoms with Gasteiger partial charge in [0.25, 0.3) is 5.69 Å². The molecule has 0 amide bonds. The maximum Gasteiger partial charge on any atom is 0.292 e. The van der Waals surface area contributed by atoms with Crippen molar-refractivity contribution in [2.75, 3.05) is 43.5 Å². The molecule has 0 heterocycles. The SMILES string of the molecule is CCNC(=NCCSC)NCCNc1ccccc1[N+](=O)[O-]. The van der Waals surface area contributed by atoms with E-state index in [0.29, 0.717) is 18.8 Å². The quantitative estimate of drug-likeness (QED) is 0.211. The summed E-state index contributed by atoms with van der Waals surface area (Å²) in [5.74, 6) is 1.74.